The number of hydrogen-bond acceptors (Lipinski definition) is 2. The number of nitrogens with one attached hydrogen (secondary N) is 1. The summed E-state index contributed by atoms with van der Waals surface area (Å²) in [7, 11) is 1.76. The Kier molecular flexibility index (Phi) is 6.12. The molecule has 90 valence electrons. The molecule has 0 aliphatic carbocycles. The van der Waals surface area contributed by atoms with Gasteiger partial charge in [0, 0.05) is 13.2 Å². The maximum atomic E-state index is 5.21. The van der Waals surface area contributed by atoms with E-state index < -0.39 is 0 Å². The Labute approximate surface area is 99.0 Å². The van der Waals surface area contributed by atoms with E-state index >= 15 is 0 Å². The van der Waals surface area contributed by atoms with Crippen LogP contribution in [0.2, 0.25) is 0 Å². The third kappa shape index (κ3) is 4.77. The topological polar surface area (TPSA) is 21.3 Å². The Morgan fingerprint density at radius 1 is 1.19 bits per heavy atom. The van der Waals surface area contributed by atoms with Gasteiger partial charge in [-0.3, -0.25) is 0 Å². The molecule has 0 aliphatic rings. The monoisotopic (exact) mass is 221 g/mol. The van der Waals surface area contributed by atoms with Gasteiger partial charge in [-0.1, -0.05) is 44.2 Å². The zero-order valence-electron chi connectivity index (χ0n) is 10.6. The van der Waals surface area contributed by atoms with Crippen LogP contribution in [-0.4, -0.2) is 26.3 Å². The van der Waals surface area contributed by atoms with Crippen molar-refractivity contribution in [2.45, 2.75) is 26.3 Å². The van der Waals surface area contributed by atoms with Gasteiger partial charge in [0.15, 0.2) is 0 Å². The van der Waals surface area contributed by atoms with E-state index in [0.29, 0.717) is 12.0 Å². The minimum Gasteiger partial charge on any atom is -0.383 e. The van der Waals surface area contributed by atoms with Crippen molar-refractivity contribution in [3.8, 4) is 0 Å². The summed E-state index contributed by atoms with van der Waals surface area (Å²) < 4.78 is 5.21. The third-order valence-corrected chi connectivity index (χ3v) is 2.81. The fourth-order valence-electron chi connectivity index (χ4n) is 1.71. The van der Waals surface area contributed by atoms with Crippen LogP contribution in [0.3, 0.4) is 0 Å². The van der Waals surface area contributed by atoms with E-state index in [1.165, 1.54) is 5.56 Å². The molecule has 1 N–H and O–H groups in total. The first-order chi connectivity index (χ1) is 7.74. The van der Waals surface area contributed by atoms with E-state index in [1.54, 1.807) is 7.11 Å². The normalized spacial score (nSPS) is 13.0. The molecule has 0 radical (unpaired) electrons. The first-order valence-corrected chi connectivity index (χ1v) is 6.00. The lowest BCUT2D eigenvalue weighted by Gasteiger charge is -2.21. The van der Waals surface area contributed by atoms with Crippen LogP contribution in [0.4, 0.5) is 0 Å². The van der Waals surface area contributed by atoms with Crippen LogP contribution in [0.1, 0.15) is 19.4 Å². The average Bonchev–Trinajstić information content (AvgIpc) is 2.29. The molecular weight excluding hydrogens is 198 g/mol. The van der Waals surface area contributed by atoms with Gasteiger partial charge in [-0.25, -0.2) is 0 Å². The minimum absolute atomic E-state index is 0.453. The molecule has 2 heteroatoms. The fourth-order valence-corrected chi connectivity index (χ4v) is 1.71. The van der Waals surface area contributed by atoms with Gasteiger partial charge in [0.1, 0.15) is 0 Å². The Balaban J connectivity index is 2.28. The average molecular weight is 221 g/mol. The summed E-state index contributed by atoms with van der Waals surface area (Å²) >= 11 is 0. The summed E-state index contributed by atoms with van der Waals surface area (Å²) in [4.78, 5) is 0. The molecular formula is C14H23NO. The molecule has 2 nitrogen and oxygen atoms in total. The van der Waals surface area contributed by atoms with Gasteiger partial charge in [-0.05, 0) is 24.4 Å². The molecule has 1 rings (SSSR count). The Hall–Kier alpha value is -0.860. The second-order valence-electron chi connectivity index (χ2n) is 4.50. The van der Waals surface area contributed by atoms with Crippen molar-refractivity contribution >= 4 is 0 Å². The number of benzene rings is 1. The number of ether oxygens (including phenoxy) is 1. The third-order valence-electron chi connectivity index (χ3n) is 2.81. The van der Waals surface area contributed by atoms with Crippen molar-refractivity contribution in [2.24, 2.45) is 5.92 Å². The number of rotatable bonds is 7. The molecule has 0 aromatic heterocycles. The van der Waals surface area contributed by atoms with E-state index in [9.17, 15) is 0 Å². The molecule has 0 fully saturated rings. The second kappa shape index (κ2) is 7.42. The summed E-state index contributed by atoms with van der Waals surface area (Å²) in [6.45, 7) is 6.24. The van der Waals surface area contributed by atoms with Crippen LogP contribution >= 0.6 is 0 Å². The van der Waals surface area contributed by atoms with E-state index in [1.807, 2.05) is 0 Å². The predicted molar refractivity (Wildman–Crippen MR) is 68.7 cm³/mol. The Morgan fingerprint density at radius 2 is 1.88 bits per heavy atom. The summed E-state index contributed by atoms with van der Waals surface area (Å²) in [5.74, 6) is 0.607. The highest BCUT2D eigenvalue weighted by molar-refractivity contribution is 5.14. The van der Waals surface area contributed by atoms with E-state index in [4.69, 9.17) is 4.74 Å². The van der Waals surface area contributed by atoms with Crippen LogP contribution in [0, 0.1) is 5.92 Å². The van der Waals surface area contributed by atoms with Crippen molar-refractivity contribution in [2.75, 3.05) is 20.3 Å². The molecule has 0 amide bonds. The van der Waals surface area contributed by atoms with E-state index in [0.717, 1.165) is 19.6 Å². The van der Waals surface area contributed by atoms with Crippen molar-refractivity contribution < 1.29 is 4.74 Å². The molecule has 0 saturated carbocycles. The van der Waals surface area contributed by atoms with Gasteiger partial charge in [0.25, 0.3) is 0 Å². The molecule has 0 bridgehead atoms. The Morgan fingerprint density at radius 3 is 2.44 bits per heavy atom. The molecule has 1 atom stereocenters. The van der Waals surface area contributed by atoms with Crippen molar-refractivity contribution in [1.82, 2.24) is 5.32 Å². The van der Waals surface area contributed by atoms with Crippen LogP contribution < -0.4 is 5.32 Å². The first-order valence-electron chi connectivity index (χ1n) is 6.00. The molecule has 1 unspecified atom stereocenters. The van der Waals surface area contributed by atoms with Crippen LogP contribution in [-0.2, 0) is 11.2 Å². The van der Waals surface area contributed by atoms with Gasteiger partial charge in [-0.2, -0.15) is 0 Å². The summed E-state index contributed by atoms with van der Waals surface area (Å²) in [5.41, 5.74) is 1.38. The molecule has 0 saturated heterocycles. The summed E-state index contributed by atoms with van der Waals surface area (Å²) in [6, 6.07) is 11.0. The van der Waals surface area contributed by atoms with Crippen molar-refractivity contribution in [1.29, 1.82) is 0 Å². The molecule has 0 heterocycles. The Bertz CT molecular complexity index is 271. The molecule has 1 aromatic carbocycles. The highest BCUT2D eigenvalue weighted by atomic mass is 16.5. The largest absolute Gasteiger partial charge is 0.383 e. The smallest absolute Gasteiger partial charge is 0.0618 e. The summed E-state index contributed by atoms with van der Waals surface area (Å²) in [5, 5.41) is 3.54. The maximum Gasteiger partial charge on any atom is 0.0618 e. The number of methoxy groups -OCH3 is 1. The van der Waals surface area contributed by atoms with Crippen LogP contribution in [0.5, 0.6) is 0 Å². The highest BCUT2D eigenvalue weighted by Gasteiger charge is 2.11. The fraction of sp³-hybridized carbons (Fsp3) is 0.571. The zero-order valence-corrected chi connectivity index (χ0v) is 10.6. The summed E-state index contributed by atoms with van der Waals surface area (Å²) in [6.07, 6.45) is 1.08. The van der Waals surface area contributed by atoms with Gasteiger partial charge in [0.2, 0.25) is 0 Å². The lowest BCUT2D eigenvalue weighted by atomic mass is 10.0. The SMILES string of the molecule is COCC(NCCc1ccccc1)C(C)C. The molecule has 1 aromatic rings. The van der Waals surface area contributed by atoms with Crippen LogP contribution in [0.15, 0.2) is 30.3 Å². The molecule has 0 spiro atoms. The molecule has 0 aliphatic heterocycles. The van der Waals surface area contributed by atoms with Crippen LogP contribution in [0.25, 0.3) is 0 Å². The van der Waals surface area contributed by atoms with Crippen molar-refractivity contribution in [3.63, 3.8) is 0 Å². The lowest BCUT2D eigenvalue weighted by molar-refractivity contribution is 0.147. The molecule has 16 heavy (non-hydrogen) atoms. The van der Waals surface area contributed by atoms with Gasteiger partial charge >= 0.3 is 0 Å². The minimum atomic E-state index is 0.453. The first kappa shape index (κ1) is 13.2. The van der Waals surface area contributed by atoms with E-state index in [-0.39, 0.29) is 0 Å². The van der Waals surface area contributed by atoms with Crippen molar-refractivity contribution in [3.05, 3.63) is 35.9 Å². The second-order valence-corrected chi connectivity index (χ2v) is 4.50. The number of hydrogen-bond donors (Lipinski definition) is 1. The highest BCUT2D eigenvalue weighted by Crippen LogP contribution is 2.03. The maximum absolute atomic E-state index is 5.21. The standard InChI is InChI=1S/C14H23NO/c1-12(2)14(11-16-3)15-10-9-13-7-5-4-6-8-13/h4-8,12,14-15H,9-11H2,1-3H3. The zero-order chi connectivity index (χ0) is 11.8. The lowest BCUT2D eigenvalue weighted by Crippen LogP contribution is -2.38. The van der Waals surface area contributed by atoms with Gasteiger partial charge in [-0.15, -0.1) is 0 Å². The quantitative estimate of drug-likeness (QED) is 0.764. The van der Waals surface area contributed by atoms with Gasteiger partial charge in [0.05, 0.1) is 6.61 Å². The predicted octanol–water partition coefficient (Wildman–Crippen LogP) is 2.49. The van der Waals surface area contributed by atoms with E-state index in [2.05, 4.69) is 49.5 Å². The van der Waals surface area contributed by atoms with Gasteiger partial charge < -0.3 is 10.1 Å².